The molecule has 3 aromatic rings. The van der Waals surface area contributed by atoms with Crippen LogP contribution in [0.15, 0.2) is 67.0 Å². The minimum Gasteiger partial charge on any atom is -0.352 e. The van der Waals surface area contributed by atoms with E-state index in [1.54, 1.807) is 18.5 Å². The molecule has 1 fully saturated rings. The zero-order chi connectivity index (χ0) is 22.0. The fourth-order valence-electron chi connectivity index (χ4n) is 4.00. The van der Waals surface area contributed by atoms with Crippen molar-refractivity contribution in [1.82, 2.24) is 19.8 Å². The van der Waals surface area contributed by atoms with Crippen molar-refractivity contribution in [3.05, 3.63) is 83.9 Å². The summed E-state index contributed by atoms with van der Waals surface area (Å²) >= 11 is 5.64. The molecule has 1 N–H and O–H groups in total. The normalized spacial score (nSPS) is 19.0. The van der Waals surface area contributed by atoms with Crippen molar-refractivity contribution in [1.29, 1.82) is 0 Å². The van der Waals surface area contributed by atoms with Gasteiger partial charge in [-0.1, -0.05) is 25.5 Å². The summed E-state index contributed by atoms with van der Waals surface area (Å²) in [5.41, 5.74) is 1.49. The smallest absolute Gasteiger partial charge is 0.352 e. The Morgan fingerprint density at radius 3 is 2.65 bits per heavy atom. The van der Waals surface area contributed by atoms with Crippen molar-refractivity contribution < 1.29 is 13.2 Å². The Hall–Kier alpha value is -2.87. The highest BCUT2D eigenvalue weighted by Gasteiger charge is 2.41. The predicted molar refractivity (Wildman–Crippen MR) is 118 cm³/mol. The molecule has 1 aliphatic heterocycles. The minimum atomic E-state index is -4.40. The molecule has 0 amide bonds. The quantitative estimate of drug-likeness (QED) is 0.497. The molecule has 0 spiro atoms. The van der Waals surface area contributed by atoms with Gasteiger partial charge in [0.25, 0.3) is 0 Å². The summed E-state index contributed by atoms with van der Waals surface area (Å²) in [4.78, 5) is 6.63. The van der Waals surface area contributed by atoms with Crippen LogP contribution in [0.25, 0.3) is 5.69 Å². The Morgan fingerprint density at radius 1 is 1.10 bits per heavy atom. The lowest BCUT2D eigenvalue weighted by Gasteiger charge is -2.29. The third-order valence-corrected chi connectivity index (χ3v) is 5.84. The van der Waals surface area contributed by atoms with E-state index in [0.29, 0.717) is 10.8 Å². The Kier molecular flexibility index (Phi) is 6.00. The molecule has 1 aromatic carbocycles. The lowest BCUT2D eigenvalue weighted by Crippen LogP contribution is -2.31. The van der Waals surface area contributed by atoms with Gasteiger partial charge in [-0.3, -0.25) is 4.98 Å². The minimum absolute atomic E-state index is 0.196. The van der Waals surface area contributed by atoms with Crippen molar-refractivity contribution in [3.63, 3.8) is 0 Å². The first-order valence-electron chi connectivity index (χ1n) is 10.2. The molecule has 31 heavy (non-hydrogen) atoms. The number of benzene rings is 1. The van der Waals surface area contributed by atoms with Crippen LogP contribution < -0.4 is 5.32 Å². The molecule has 8 heteroatoms. The van der Waals surface area contributed by atoms with E-state index < -0.39 is 11.7 Å². The summed E-state index contributed by atoms with van der Waals surface area (Å²) in [7, 11) is 0. The third-order valence-electron chi connectivity index (χ3n) is 5.49. The zero-order valence-electron chi connectivity index (χ0n) is 17.0. The summed E-state index contributed by atoms with van der Waals surface area (Å²) in [6, 6.07) is 14.5. The van der Waals surface area contributed by atoms with Gasteiger partial charge in [0.15, 0.2) is 5.11 Å². The molecule has 0 bridgehead atoms. The van der Waals surface area contributed by atoms with E-state index in [1.807, 2.05) is 34.9 Å². The van der Waals surface area contributed by atoms with Crippen LogP contribution in [0.3, 0.4) is 0 Å². The summed E-state index contributed by atoms with van der Waals surface area (Å²) < 4.78 is 41.7. The molecule has 2 atom stereocenters. The van der Waals surface area contributed by atoms with Crippen LogP contribution in [0.5, 0.6) is 0 Å². The molecule has 0 radical (unpaired) electrons. The average molecular weight is 445 g/mol. The molecular weight excluding hydrogens is 421 g/mol. The van der Waals surface area contributed by atoms with Crippen LogP contribution in [0.2, 0.25) is 0 Å². The van der Waals surface area contributed by atoms with E-state index in [1.165, 1.54) is 12.1 Å². The molecule has 4 nitrogen and oxygen atoms in total. The van der Waals surface area contributed by atoms with Crippen molar-refractivity contribution in [3.8, 4) is 5.69 Å². The number of nitrogens with zero attached hydrogens (tertiary/aromatic N) is 3. The number of hydrogen-bond acceptors (Lipinski definition) is 2. The van der Waals surface area contributed by atoms with Crippen molar-refractivity contribution in [2.24, 2.45) is 0 Å². The predicted octanol–water partition coefficient (Wildman–Crippen LogP) is 5.66. The van der Waals surface area contributed by atoms with Crippen molar-refractivity contribution in [2.75, 3.05) is 6.54 Å². The average Bonchev–Trinajstić information content (AvgIpc) is 3.36. The second-order valence-corrected chi connectivity index (χ2v) is 7.91. The third kappa shape index (κ3) is 4.30. The van der Waals surface area contributed by atoms with Gasteiger partial charge in [0.2, 0.25) is 0 Å². The second-order valence-electron chi connectivity index (χ2n) is 7.52. The number of halogens is 3. The molecule has 3 heterocycles. The Morgan fingerprint density at radius 2 is 1.94 bits per heavy atom. The monoisotopic (exact) mass is 444 g/mol. The van der Waals surface area contributed by atoms with Crippen LogP contribution in [0.4, 0.5) is 13.2 Å². The van der Waals surface area contributed by atoms with Gasteiger partial charge in [-0.15, -0.1) is 0 Å². The maximum atomic E-state index is 13.3. The topological polar surface area (TPSA) is 33.1 Å². The number of nitrogens with one attached hydrogen (secondary N) is 1. The van der Waals surface area contributed by atoms with Gasteiger partial charge >= 0.3 is 6.18 Å². The molecule has 1 saturated heterocycles. The van der Waals surface area contributed by atoms with Gasteiger partial charge in [0, 0.05) is 30.3 Å². The maximum absolute atomic E-state index is 13.3. The molecular formula is C23H23F3N4S. The van der Waals surface area contributed by atoms with Crippen LogP contribution in [0, 0.1) is 0 Å². The number of aromatic nitrogens is 2. The first-order valence-corrected chi connectivity index (χ1v) is 10.6. The lowest BCUT2D eigenvalue weighted by molar-refractivity contribution is -0.137. The summed E-state index contributed by atoms with van der Waals surface area (Å²) in [5.74, 6) is 0. The van der Waals surface area contributed by atoms with Crippen molar-refractivity contribution >= 4 is 17.3 Å². The number of pyridine rings is 1. The highest BCUT2D eigenvalue weighted by molar-refractivity contribution is 7.80. The molecule has 162 valence electrons. The molecule has 2 aromatic heterocycles. The van der Waals surface area contributed by atoms with Gasteiger partial charge in [-0.2, -0.15) is 13.2 Å². The fourth-order valence-corrected chi connectivity index (χ4v) is 4.33. The van der Waals surface area contributed by atoms with E-state index >= 15 is 0 Å². The van der Waals surface area contributed by atoms with E-state index in [-0.39, 0.29) is 12.1 Å². The SMILES string of the molecule is CCCCN1C(=S)N[C@H](c2ccccn2)[C@@H]1c1cccn1-c1cccc(C(F)(F)F)c1. The zero-order valence-corrected chi connectivity index (χ0v) is 17.8. The number of thiocarbonyl (C=S) groups is 1. The Labute approximate surface area is 184 Å². The number of hydrogen-bond donors (Lipinski definition) is 1. The number of unbranched alkanes of at least 4 members (excludes halogenated alkanes) is 1. The van der Waals surface area contributed by atoms with Gasteiger partial charge in [-0.25, -0.2) is 0 Å². The number of rotatable bonds is 6. The van der Waals surface area contributed by atoms with Crippen LogP contribution >= 0.6 is 12.2 Å². The molecule has 0 unspecified atom stereocenters. The highest BCUT2D eigenvalue weighted by Crippen LogP contribution is 2.40. The van der Waals surface area contributed by atoms with E-state index in [0.717, 1.165) is 36.8 Å². The van der Waals surface area contributed by atoms with Gasteiger partial charge < -0.3 is 14.8 Å². The first kappa shape index (κ1) is 21.4. The Bertz CT molecular complexity index is 1050. The van der Waals surface area contributed by atoms with Crippen LogP contribution in [-0.4, -0.2) is 26.1 Å². The molecule has 4 rings (SSSR count). The van der Waals surface area contributed by atoms with E-state index in [9.17, 15) is 13.2 Å². The van der Waals surface area contributed by atoms with Gasteiger partial charge in [-0.05, 0) is 61.1 Å². The summed E-state index contributed by atoms with van der Waals surface area (Å²) in [6.07, 6.45) is 1.09. The summed E-state index contributed by atoms with van der Waals surface area (Å²) in [6.45, 7) is 2.87. The maximum Gasteiger partial charge on any atom is 0.416 e. The largest absolute Gasteiger partial charge is 0.416 e. The van der Waals surface area contributed by atoms with Gasteiger partial charge in [0.05, 0.1) is 23.3 Å². The molecule has 0 saturated carbocycles. The highest BCUT2D eigenvalue weighted by atomic mass is 32.1. The first-order chi connectivity index (χ1) is 14.9. The van der Waals surface area contributed by atoms with E-state index in [2.05, 4.69) is 22.1 Å². The molecule has 1 aliphatic rings. The standard InChI is InChI=1S/C23H23F3N4S/c1-2-3-13-30-21(20(28-22(30)31)18-10-4-5-12-27-18)19-11-7-14-29(19)17-9-6-8-16(15-17)23(24,25)26/h4-12,14-15,20-21H,2-3,13H2,1H3,(H,28,31)/t20-,21+/m1/s1. The van der Waals surface area contributed by atoms with Crippen LogP contribution in [0.1, 0.15) is 48.8 Å². The lowest BCUT2D eigenvalue weighted by atomic mass is 10.0. The summed E-state index contributed by atoms with van der Waals surface area (Å²) in [5, 5.41) is 4.01. The van der Waals surface area contributed by atoms with Crippen LogP contribution in [-0.2, 0) is 6.18 Å². The number of alkyl halides is 3. The second kappa shape index (κ2) is 8.70. The molecule has 0 aliphatic carbocycles. The van der Waals surface area contributed by atoms with Gasteiger partial charge in [0.1, 0.15) is 0 Å². The fraction of sp³-hybridized carbons (Fsp3) is 0.304. The van der Waals surface area contributed by atoms with E-state index in [4.69, 9.17) is 12.2 Å². The van der Waals surface area contributed by atoms with Crippen molar-refractivity contribution in [2.45, 2.75) is 38.0 Å². The Balaban J connectivity index is 1.79.